The third kappa shape index (κ3) is 2.02. The molecule has 0 radical (unpaired) electrons. The Hall–Kier alpha value is -1.57. The zero-order chi connectivity index (χ0) is 10.7. The molecule has 5 heteroatoms. The highest BCUT2D eigenvalue weighted by molar-refractivity contribution is 5.25. The van der Waals surface area contributed by atoms with Gasteiger partial charge >= 0.3 is 0 Å². The number of pyridine rings is 1. The van der Waals surface area contributed by atoms with Gasteiger partial charge < -0.3 is 0 Å². The third-order valence-corrected chi connectivity index (χ3v) is 1.66. The first-order chi connectivity index (χ1) is 6.56. The highest BCUT2D eigenvalue weighted by atomic mass is 19.3. The van der Waals surface area contributed by atoms with E-state index in [0.29, 0.717) is 0 Å². The second kappa shape index (κ2) is 4.09. The highest BCUT2D eigenvalue weighted by Gasteiger charge is 2.18. The van der Waals surface area contributed by atoms with Crippen LogP contribution in [0.4, 0.5) is 13.2 Å². The average molecular weight is 200 g/mol. The number of alkyl halides is 2. The van der Waals surface area contributed by atoms with Crippen molar-refractivity contribution in [1.82, 2.24) is 4.98 Å². The Balaban J connectivity index is 3.26. The zero-order valence-electron chi connectivity index (χ0n) is 7.39. The molecule has 2 nitrogen and oxygen atoms in total. The minimum atomic E-state index is -2.88. The fourth-order valence-electron chi connectivity index (χ4n) is 1.10. The lowest BCUT2D eigenvalue weighted by Gasteiger charge is -2.06. The van der Waals surface area contributed by atoms with E-state index in [9.17, 15) is 13.2 Å². The lowest BCUT2D eigenvalue weighted by Crippen LogP contribution is -2.02. The van der Waals surface area contributed by atoms with Gasteiger partial charge in [-0.2, -0.15) is 5.26 Å². The van der Waals surface area contributed by atoms with Gasteiger partial charge in [-0.1, -0.05) is 0 Å². The minimum Gasteiger partial charge on any atom is -0.254 e. The Morgan fingerprint density at radius 3 is 2.71 bits per heavy atom. The van der Waals surface area contributed by atoms with E-state index in [1.54, 1.807) is 6.07 Å². The smallest absolute Gasteiger partial charge is 0.254 e. The fraction of sp³-hybridized carbons (Fsp3) is 0.333. The van der Waals surface area contributed by atoms with Gasteiger partial charge in [0.05, 0.1) is 23.7 Å². The van der Waals surface area contributed by atoms with Gasteiger partial charge in [0.15, 0.2) is 5.82 Å². The summed E-state index contributed by atoms with van der Waals surface area (Å²) in [6.45, 7) is 1.48. The number of halogens is 3. The van der Waals surface area contributed by atoms with E-state index in [4.69, 9.17) is 5.26 Å². The van der Waals surface area contributed by atoms with Gasteiger partial charge in [-0.25, -0.2) is 13.2 Å². The molecule has 0 saturated carbocycles. The van der Waals surface area contributed by atoms with E-state index in [0.717, 1.165) is 6.07 Å². The summed E-state index contributed by atoms with van der Waals surface area (Å²) >= 11 is 0. The van der Waals surface area contributed by atoms with Crippen LogP contribution in [0.5, 0.6) is 0 Å². The number of nitriles is 1. The van der Waals surface area contributed by atoms with E-state index in [1.807, 2.05) is 0 Å². The maximum Gasteiger partial charge on any atom is 0.266 e. The Morgan fingerprint density at radius 2 is 2.21 bits per heavy atom. The summed E-state index contributed by atoms with van der Waals surface area (Å²) in [5.74, 6) is -1.08. The van der Waals surface area contributed by atoms with Crippen LogP contribution in [0.25, 0.3) is 0 Å². The summed E-state index contributed by atoms with van der Waals surface area (Å²) in [7, 11) is 0. The van der Waals surface area contributed by atoms with Crippen molar-refractivity contribution in [3.63, 3.8) is 0 Å². The van der Waals surface area contributed by atoms with E-state index in [2.05, 4.69) is 4.98 Å². The first-order valence-corrected chi connectivity index (χ1v) is 3.87. The van der Waals surface area contributed by atoms with Crippen molar-refractivity contribution in [2.45, 2.75) is 19.8 Å². The summed E-state index contributed by atoms with van der Waals surface area (Å²) in [5, 5.41) is 8.32. The fourth-order valence-corrected chi connectivity index (χ4v) is 1.10. The molecule has 0 atom stereocenters. The van der Waals surface area contributed by atoms with Crippen molar-refractivity contribution in [1.29, 1.82) is 5.26 Å². The molecule has 0 fully saturated rings. The number of rotatable bonds is 2. The van der Waals surface area contributed by atoms with Crippen molar-refractivity contribution in [3.05, 3.63) is 28.8 Å². The molecule has 0 aliphatic rings. The van der Waals surface area contributed by atoms with Crippen LogP contribution >= 0.6 is 0 Å². The van der Waals surface area contributed by atoms with E-state index < -0.39 is 17.8 Å². The Morgan fingerprint density at radius 1 is 1.57 bits per heavy atom. The molecular weight excluding hydrogens is 193 g/mol. The maximum absolute atomic E-state index is 13.2. The zero-order valence-corrected chi connectivity index (χ0v) is 7.39. The number of aryl methyl sites for hydroxylation is 1. The number of nitrogens with zero attached hydrogens (tertiary/aromatic N) is 2. The molecule has 0 saturated heterocycles. The Kier molecular flexibility index (Phi) is 3.07. The highest BCUT2D eigenvalue weighted by Crippen LogP contribution is 2.24. The van der Waals surface area contributed by atoms with Crippen molar-refractivity contribution >= 4 is 0 Å². The van der Waals surface area contributed by atoms with Gasteiger partial charge in [-0.05, 0) is 13.0 Å². The van der Waals surface area contributed by atoms with Gasteiger partial charge in [0.2, 0.25) is 0 Å². The van der Waals surface area contributed by atoms with E-state index in [-0.39, 0.29) is 17.8 Å². The van der Waals surface area contributed by atoms with Crippen LogP contribution in [0.3, 0.4) is 0 Å². The molecule has 14 heavy (non-hydrogen) atoms. The molecule has 0 aliphatic carbocycles. The average Bonchev–Trinajstić information content (AvgIpc) is 2.10. The monoisotopic (exact) mass is 200 g/mol. The SMILES string of the molecule is Cc1cc(C(F)F)c(F)c(CC#N)n1. The van der Waals surface area contributed by atoms with Crippen LogP contribution in [0.15, 0.2) is 6.07 Å². The summed E-state index contributed by atoms with van der Waals surface area (Å²) < 4.78 is 37.8. The van der Waals surface area contributed by atoms with Crippen LogP contribution in [0.2, 0.25) is 0 Å². The molecular formula is C9H7F3N2. The largest absolute Gasteiger partial charge is 0.266 e. The number of aromatic nitrogens is 1. The van der Waals surface area contributed by atoms with Crippen LogP contribution < -0.4 is 0 Å². The number of hydrogen-bond acceptors (Lipinski definition) is 2. The van der Waals surface area contributed by atoms with Crippen molar-refractivity contribution in [2.75, 3.05) is 0 Å². The van der Waals surface area contributed by atoms with Crippen LogP contribution in [0, 0.1) is 24.1 Å². The predicted octanol–water partition coefficient (Wildman–Crippen LogP) is 2.53. The molecule has 0 aromatic carbocycles. The second-order valence-electron chi connectivity index (χ2n) is 2.75. The summed E-state index contributed by atoms with van der Waals surface area (Å²) in [4.78, 5) is 3.67. The van der Waals surface area contributed by atoms with Crippen molar-refractivity contribution < 1.29 is 13.2 Å². The van der Waals surface area contributed by atoms with E-state index >= 15 is 0 Å². The normalized spacial score (nSPS) is 10.3. The van der Waals surface area contributed by atoms with Gasteiger partial charge in [0.1, 0.15) is 0 Å². The second-order valence-corrected chi connectivity index (χ2v) is 2.75. The lowest BCUT2D eigenvalue weighted by molar-refractivity contribution is 0.145. The first kappa shape index (κ1) is 10.5. The number of hydrogen-bond donors (Lipinski definition) is 0. The third-order valence-electron chi connectivity index (χ3n) is 1.66. The van der Waals surface area contributed by atoms with Crippen LogP contribution in [-0.4, -0.2) is 4.98 Å². The van der Waals surface area contributed by atoms with Crippen molar-refractivity contribution in [3.8, 4) is 6.07 Å². The molecule has 1 rings (SSSR count). The quantitative estimate of drug-likeness (QED) is 0.735. The first-order valence-electron chi connectivity index (χ1n) is 3.87. The summed E-state index contributed by atoms with van der Waals surface area (Å²) in [6.07, 6.45) is -3.18. The molecule has 0 aliphatic heterocycles. The van der Waals surface area contributed by atoms with Crippen molar-refractivity contribution in [2.24, 2.45) is 0 Å². The maximum atomic E-state index is 13.2. The molecule has 0 unspecified atom stereocenters. The van der Waals surface area contributed by atoms with Gasteiger partial charge in [-0.3, -0.25) is 4.98 Å². The van der Waals surface area contributed by atoms with Gasteiger partial charge in [0.25, 0.3) is 6.43 Å². The predicted molar refractivity (Wildman–Crippen MR) is 43.2 cm³/mol. The van der Waals surface area contributed by atoms with Crippen LogP contribution in [0.1, 0.15) is 23.4 Å². The standard InChI is InChI=1S/C9H7F3N2/c1-5-4-6(9(11)12)8(10)7(14-5)2-3-13/h4,9H,2H2,1H3. The Labute approximate surface area is 79.0 Å². The lowest BCUT2D eigenvalue weighted by atomic mass is 10.1. The van der Waals surface area contributed by atoms with Gasteiger partial charge in [-0.15, -0.1) is 0 Å². The molecule has 74 valence electrons. The molecule has 1 heterocycles. The summed E-state index contributed by atoms with van der Waals surface area (Å²) in [6, 6.07) is 2.66. The van der Waals surface area contributed by atoms with Gasteiger partial charge in [0, 0.05) is 5.69 Å². The molecule has 0 bridgehead atoms. The van der Waals surface area contributed by atoms with Crippen LogP contribution in [-0.2, 0) is 6.42 Å². The summed E-state index contributed by atoms with van der Waals surface area (Å²) in [5.41, 5.74) is -0.627. The topological polar surface area (TPSA) is 36.7 Å². The molecule has 0 N–H and O–H groups in total. The molecule has 0 spiro atoms. The minimum absolute atomic E-state index is 0.220. The Bertz CT molecular complexity index is 382. The molecule has 1 aromatic rings. The molecule has 1 aromatic heterocycles. The molecule has 0 amide bonds. The van der Waals surface area contributed by atoms with E-state index in [1.165, 1.54) is 6.92 Å².